The van der Waals surface area contributed by atoms with Crippen LogP contribution in [-0.2, 0) is 11.2 Å². The molecule has 0 amide bonds. The topological polar surface area (TPSA) is 63.6 Å². The second kappa shape index (κ2) is 7.52. The van der Waals surface area contributed by atoms with Gasteiger partial charge in [0.25, 0.3) is 0 Å². The van der Waals surface area contributed by atoms with Crippen LogP contribution in [0.3, 0.4) is 0 Å². The molecule has 4 nitrogen and oxygen atoms in total. The Bertz CT molecular complexity index is 778. The van der Waals surface area contributed by atoms with Crippen LogP contribution < -0.4 is 0 Å². The number of methoxy groups -OCH3 is 1. The van der Waals surface area contributed by atoms with Gasteiger partial charge < -0.3 is 9.84 Å². The molecule has 4 heteroatoms. The van der Waals surface area contributed by atoms with Gasteiger partial charge in [-0.15, -0.1) is 0 Å². The van der Waals surface area contributed by atoms with Gasteiger partial charge in [-0.1, -0.05) is 48.5 Å². The number of ether oxygens (including phenoxy) is 1. The summed E-state index contributed by atoms with van der Waals surface area (Å²) in [6.07, 6.45) is 0.694. The van der Waals surface area contributed by atoms with E-state index >= 15 is 0 Å². The zero-order valence-electron chi connectivity index (χ0n) is 16.0. The Balaban J connectivity index is 2.10. The first-order chi connectivity index (χ1) is 12.0. The van der Waals surface area contributed by atoms with Crippen molar-refractivity contribution < 1.29 is 19.4 Å². The van der Waals surface area contributed by atoms with Crippen LogP contribution in [0.15, 0.2) is 48.5 Å². The maximum Gasteiger partial charge on any atom is 0.194 e. The van der Waals surface area contributed by atoms with Crippen molar-refractivity contribution in [3.05, 3.63) is 70.8 Å². The van der Waals surface area contributed by atoms with Crippen molar-refractivity contribution in [2.24, 2.45) is 0 Å². The van der Waals surface area contributed by atoms with Crippen LogP contribution in [0.5, 0.6) is 0 Å². The molecular weight excluding hydrogens is 328 g/mol. The lowest BCUT2D eigenvalue weighted by atomic mass is 9.93. The predicted molar refractivity (Wildman–Crippen MR) is 102 cm³/mol. The predicted octanol–water partition coefficient (Wildman–Crippen LogP) is 3.84. The average Bonchev–Trinajstić information content (AvgIpc) is 2.61. The van der Waals surface area contributed by atoms with Crippen molar-refractivity contribution in [2.75, 3.05) is 7.11 Å². The molecular formula is C22H26O4. The third kappa shape index (κ3) is 4.65. The lowest BCUT2D eigenvalue weighted by Gasteiger charge is -2.21. The smallest absolute Gasteiger partial charge is 0.194 e. The molecule has 2 aromatic carbocycles. The van der Waals surface area contributed by atoms with Gasteiger partial charge in [-0.05, 0) is 45.2 Å². The Labute approximate surface area is 154 Å². The van der Waals surface area contributed by atoms with E-state index < -0.39 is 11.2 Å². The number of Topliss-reactive ketones (excluding diaryl/α,β-unsaturated/α-hetero) is 2. The Hall–Kier alpha value is -2.30. The minimum absolute atomic E-state index is 0.0546. The summed E-state index contributed by atoms with van der Waals surface area (Å²) in [6, 6.07) is 14.7. The molecule has 0 aromatic heterocycles. The molecule has 138 valence electrons. The number of rotatable bonds is 7. The molecule has 0 heterocycles. The first-order valence-corrected chi connectivity index (χ1v) is 8.59. The number of ketones is 2. The molecule has 2 rings (SSSR count). The van der Waals surface area contributed by atoms with E-state index in [1.807, 2.05) is 36.4 Å². The Morgan fingerprint density at radius 1 is 0.808 bits per heavy atom. The summed E-state index contributed by atoms with van der Waals surface area (Å²) in [5.74, 6) is -0.353. The summed E-state index contributed by atoms with van der Waals surface area (Å²) in [5, 5.41) is 9.80. The van der Waals surface area contributed by atoms with Gasteiger partial charge in [0.2, 0.25) is 0 Å². The Kier molecular flexibility index (Phi) is 5.79. The van der Waals surface area contributed by atoms with E-state index in [1.165, 1.54) is 21.0 Å². The highest BCUT2D eigenvalue weighted by Crippen LogP contribution is 2.19. The minimum Gasteiger partial charge on any atom is -0.382 e. The first kappa shape index (κ1) is 20.0. The van der Waals surface area contributed by atoms with Gasteiger partial charge >= 0.3 is 0 Å². The summed E-state index contributed by atoms with van der Waals surface area (Å²) in [6.45, 7) is 6.47. The van der Waals surface area contributed by atoms with Gasteiger partial charge in [0, 0.05) is 18.2 Å². The summed E-state index contributed by atoms with van der Waals surface area (Å²) in [5.41, 5.74) is 1.01. The third-order valence-electron chi connectivity index (χ3n) is 4.45. The van der Waals surface area contributed by atoms with Crippen LogP contribution in [0, 0.1) is 0 Å². The molecule has 0 aliphatic rings. The molecule has 0 saturated carbocycles. The van der Waals surface area contributed by atoms with Gasteiger partial charge in [-0.3, -0.25) is 9.59 Å². The first-order valence-electron chi connectivity index (χ1n) is 8.59. The van der Waals surface area contributed by atoms with Gasteiger partial charge in [-0.25, -0.2) is 0 Å². The number of benzene rings is 2. The monoisotopic (exact) mass is 354 g/mol. The molecule has 26 heavy (non-hydrogen) atoms. The molecule has 0 unspecified atom stereocenters. The summed E-state index contributed by atoms with van der Waals surface area (Å²) < 4.78 is 5.24. The summed E-state index contributed by atoms with van der Waals surface area (Å²) >= 11 is 0. The molecule has 2 aromatic rings. The van der Waals surface area contributed by atoms with Crippen LogP contribution in [0.25, 0.3) is 0 Å². The van der Waals surface area contributed by atoms with Crippen LogP contribution in [-0.4, -0.2) is 35.0 Å². The molecule has 1 N–H and O–H groups in total. The van der Waals surface area contributed by atoms with Crippen molar-refractivity contribution in [3.8, 4) is 0 Å². The molecule has 0 radical (unpaired) electrons. The maximum absolute atomic E-state index is 12.4. The quantitative estimate of drug-likeness (QED) is 0.768. The second-order valence-electron chi connectivity index (χ2n) is 7.50. The van der Waals surface area contributed by atoms with E-state index in [1.54, 1.807) is 26.0 Å². The zero-order chi connectivity index (χ0) is 19.5. The van der Waals surface area contributed by atoms with Gasteiger partial charge in [-0.2, -0.15) is 0 Å². The fourth-order valence-electron chi connectivity index (χ4n) is 2.58. The molecule has 0 bridgehead atoms. The van der Waals surface area contributed by atoms with Crippen molar-refractivity contribution in [3.63, 3.8) is 0 Å². The lowest BCUT2D eigenvalue weighted by Crippen LogP contribution is -2.33. The summed E-state index contributed by atoms with van der Waals surface area (Å²) in [7, 11) is 1.53. The second-order valence-corrected chi connectivity index (χ2v) is 7.50. The van der Waals surface area contributed by atoms with E-state index in [0.29, 0.717) is 17.5 Å². The van der Waals surface area contributed by atoms with Crippen LogP contribution in [0.4, 0.5) is 0 Å². The largest absolute Gasteiger partial charge is 0.382 e. The number of hydrogen-bond donors (Lipinski definition) is 1. The van der Waals surface area contributed by atoms with E-state index in [4.69, 9.17) is 4.74 Å². The fourth-order valence-corrected chi connectivity index (χ4v) is 2.58. The van der Waals surface area contributed by atoms with Crippen LogP contribution in [0.1, 0.15) is 59.5 Å². The maximum atomic E-state index is 12.4. The Morgan fingerprint density at radius 3 is 1.54 bits per heavy atom. The number of carbonyl (C=O) groups is 2. The molecule has 0 spiro atoms. The summed E-state index contributed by atoms with van der Waals surface area (Å²) in [4.78, 5) is 24.4. The standard InChI is InChI=1S/C22H26O4/c1-21(2,25)19(23)17-10-6-15(7-11-17)14-16-8-12-18(13-9-16)20(24)22(3,4)26-5/h6-13,25H,14H2,1-5H3. The third-order valence-corrected chi connectivity index (χ3v) is 4.45. The van der Waals surface area contributed by atoms with Gasteiger partial charge in [0.05, 0.1) is 0 Å². The molecule has 0 aliphatic heterocycles. The lowest BCUT2D eigenvalue weighted by molar-refractivity contribution is 0.0228. The van der Waals surface area contributed by atoms with E-state index in [-0.39, 0.29) is 11.6 Å². The minimum atomic E-state index is -1.38. The fraction of sp³-hybridized carbons (Fsp3) is 0.364. The molecule has 0 atom stereocenters. The van der Waals surface area contributed by atoms with E-state index in [2.05, 4.69) is 0 Å². The normalized spacial score (nSPS) is 12.1. The van der Waals surface area contributed by atoms with Gasteiger partial charge in [0.1, 0.15) is 11.2 Å². The van der Waals surface area contributed by atoms with Crippen LogP contribution >= 0.6 is 0 Å². The average molecular weight is 354 g/mol. The zero-order valence-corrected chi connectivity index (χ0v) is 16.0. The van der Waals surface area contributed by atoms with Crippen molar-refractivity contribution in [1.29, 1.82) is 0 Å². The van der Waals surface area contributed by atoms with Crippen molar-refractivity contribution >= 4 is 11.6 Å². The van der Waals surface area contributed by atoms with E-state index in [9.17, 15) is 14.7 Å². The van der Waals surface area contributed by atoms with Crippen molar-refractivity contribution in [1.82, 2.24) is 0 Å². The van der Waals surface area contributed by atoms with E-state index in [0.717, 1.165) is 11.1 Å². The number of hydrogen-bond acceptors (Lipinski definition) is 4. The van der Waals surface area contributed by atoms with Crippen LogP contribution in [0.2, 0.25) is 0 Å². The number of aliphatic hydroxyl groups is 1. The Morgan fingerprint density at radius 2 is 1.19 bits per heavy atom. The number of carbonyl (C=O) groups excluding carboxylic acids is 2. The highest BCUT2D eigenvalue weighted by Gasteiger charge is 2.28. The van der Waals surface area contributed by atoms with Crippen molar-refractivity contribution in [2.45, 2.75) is 45.3 Å². The molecule has 0 saturated heterocycles. The molecule has 0 fully saturated rings. The van der Waals surface area contributed by atoms with Gasteiger partial charge in [0.15, 0.2) is 11.6 Å². The highest BCUT2D eigenvalue weighted by molar-refractivity contribution is 6.02. The molecule has 0 aliphatic carbocycles. The SMILES string of the molecule is COC(C)(C)C(=O)c1ccc(Cc2ccc(C(=O)C(C)(C)O)cc2)cc1. The highest BCUT2D eigenvalue weighted by atomic mass is 16.5.